The van der Waals surface area contributed by atoms with Crippen molar-refractivity contribution in [1.82, 2.24) is 0 Å². The summed E-state index contributed by atoms with van der Waals surface area (Å²) in [5.74, 6) is 5.11. The molecule has 5 aliphatic rings. The van der Waals surface area contributed by atoms with E-state index < -0.39 is 43.3 Å². The van der Waals surface area contributed by atoms with Gasteiger partial charge in [0.25, 0.3) is 0 Å². The van der Waals surface area contributed by atoms with E-state index in [1.165, 1.54) is 179 Å². The van der Waals surface area contributed by atoms with Crippen molar-refractivity contribution in [3.8, 4) is 0 Å². The average Bonchev–Trinajstić information content (AvgIpc) is 3.69. The summed E-state index contributed by atoms with van der Waals surface area (Å²) in [4.78, 5) is 13.1. The van der Waals surface area contributed by atoms with E-state index in [1.807, 2.05) is 0 Å². The number of ether oxygens (including phenoxy) is 3. The second-order valence-electron chi connectivity index (χ2n) is 24.6. The van der Waals surface area contributed by atoms with Crippen molar-refractivity contribution in [2.24, 2.45) is 52.3 Å². The molecular weight excluding hydrogens is 845 g/mol. The molecule has 3 N–H and O–H groups in total. The smallest absolute Gasteiger partial charge is 0.306 e. The average molecular weight is 956 g/mol. The van der Waals surface area contributed by atoms with Crippen LogP contribution in [0.25, 0.3) is 0 Å². The molecule has 4 aliphatic carbocycles. The molecule has 0 bridgehead atoms. The molecule has 396 valence electrons. The van der Waals surface area contributed by atoms with Crippen molar-refractivity contribution in [2.75, 3.05) is 6.61 Å². The number of fused-ring (bicyclic) bond motifs is 5. The van der Waals surface area contributed by atoms with E-state index in [1.54, 1.807) is 0 Å². The Kier molecular flexibility index (Phi) is 25.8. The van der Waals surface area contributed by atoms with Gasteiger partial charge >= 0.3 is 5.97 Å². The molecule has 3 saturated carbocycles. The molecule has 0 aromatic carbocycles. The number of rotatable bonds is 34. The van der Waals surface area contributed by atoms with E-state index >= 15 is 0 Å². The number of aliphatic hydroxyl groups is 3. The van der Waals surface area contributed by atoms with Crippen molar-refractivity contribution in [3.63, 3.8) is 0 Å². The van der Waals surface area contributed by atoms with Gasteiger partial charge in [0.15, 0.2) is 12.4 Å². The Labute approximate surface area is 419 Å². The van der Waals surface area contributed by atoms with E-state index in [0.29, 0.717) is 11.3 Å². The number of esters is 1. The van der Waals surface area contributed by atoms with Crippen molar-refractivity contribution in [2.45, 2.75) is 310 Å². The number of hydrogen-bond donors (Lipinski definition) is 3. The minimum Gasteiger partial charge on any atom is -0.456 e. The van der Waals surface area contributed by atoms with Gasteiger partial charge in [-0.15, -0.1) is 0 Å². The fourth-order valence-electron chi connectivity index (χ4n) is 15.2. The Morgan fingerprint density at radius 2 is 1.26 bits per heavy atom. The first kappa shape index (κ1) is 57.9. The number of unbranched alkanes of at least 4 members (excludes halogenated alkanes) is 22. The first-order valence-corrected chi connectivity index (χ1v) is 30.0. The lowest BCUT2D eigenvalue weighted by atomic mass is 9.47. The molecule has 0 aromatic heterocycles. The molecule has 1 aliphatic heterocycles. The summed E-state index contributed by atoms with van der Waals surface area (Å²) in [6, 6.07) is 0. The summed E-state index contributed by atoms with van der Waals surface area (Å²) in [6.45, 7) is 16.8. The van der Waals surface area contributed by atoms with Gasteiger partial charge in [0, 0.05) is 6.42 Å². The lowest BCUT2D eigenvalue weighted by molar-refractivity contribution is -0.314. The van der Waals surface area contributed by atoms with Crippen LogP contribution in [0.5, 0.6) is 0 Å². The summed E-state index contributed by atoms with van der Waals surface area (Å²) in [7, 11) is 0. The van der Waals surface area contributed by atoms with E-state index in [-0.39, 0.29) is 17.9 Å². The largest absolute Gasteiger partial charge is 0.456 e. The Morgan fingerprint density at radius 3 is 1.79 bits per heavy atom. The molecule has 68 heavy (non-hydrogen) atoms. The molecule has 0 radical (unpaired) electrons. The van der Waals surface area contributed by atoms with Gasteiger partial charge in [-0.2, -0.15) is 0 Å². The molecule has 0 unspecified atom stereocenters. The highest BCUT2D eigenvalue weighted by Gasteiger charge is 2.59. The first-order chi connectivity index (χ1) is 32.9. The Bertz CT molecular complexity index is 1410. The highest BCUT2D eigenvalue weighted by Crippen LogP contribution is 2.67. The minimum absolute atomic E-state index is 0.145. The maximum absolute atomic E-state index is 13.1. The van der Waals surface area contributed by atoms with Crippen LogP contribution in [0.1, 0.15) is 273 Å². The lowest BCUT2D eigenvalue weighted by Gasteiger charge is -2.58. The molecule has 1 saturated heterocycles. The standard InChI is InChI=1S/C61H110O7/c1-8-10-11-12-13-14-15-16-17-18-19-20-21-22-23-24-25-26-27-28-29-30-31-32-55(63)68-58-56(64)54(44-62)67-59(57(58)65)66-49-39-41-60(6)48(43-49)35-36-50-52-38-37-51(61(52,7)42-40-53(50)60)46(5)33-34-47(9-2)45(3)4/h35,45-47,49-54,56-59,62,64-65H,8-34,36-44H2,1-7H3/t46-,47-,49+,50+,51-,52+,53+,54-,56-,57-,58+,59-,60+,61-/m1/s1. The minimum atomic E-state index is -1.34. The Morgan fingerprint density at radius 1 is 0.706 bits per heavy atom. The topological polar surface area (TPSA) is 105 Å². The zero-order valence-corrected chi connectivity index (χ0v) is 45.5. The van der Waals surface area contributed by atoms with E-state index in [4.69, 9.17) is 14.2 Å². The van der Waals surface area contributed by atoms with Gasteiger partial charge in [-0.25, -0.2) is 0 Å². The van der Waals surface area contributed by atoms with Gasteiger partial charge < -0.3 is 29.5 Å². The van der Waals surface area contributed by atoms with Gasteiger partial charge in [0.05, 0.1) is 12.7 Å². The van der Waals surface area contributed by atoms with Gasteiger partial charge in [-0.3, -0.25) is 4.79 Å². The predicted octanol–water partition coefficient (Wildman–Crippen LogP) is 15.8. The summed E-state index contributed by atoms with van der Waals surface area (Å²) in [6.07, 6.45) is 40.6. The number of carbonyl (C=O) groups is 1. The monoisotopic (exact) mass is 955 g/mol. The van der Waals surface area contributed by atoms with E-state index in [9.17, 15) is 20.1 Å². The van der Waals surface area contributed by atoms with Crippen molar-refractivity contribution in [1.29, 1.82) is 0 Å². The first-order valence-electron chi connectivity index (χ1n) is 30.0. The van der Waals surface area contributed by atoms with Crippen LogP contribution >= 0.6 is 0 Å². The van der Waals surface area contributed by atoms with Crippen LogP contribution < -0.4 is 0 Å². The van der Waals surface area contributed by atoms with Crippen LogP contribution in [0.15, 0.2) is 11.6 Å². The van der Waals surface area contributed by atoms with Gasteiger partial charge in [-0.05, 0) is 116 Å². The number of carbonyl (C=O) groups excluding carboxylic acids is 1. The quantitative estimate of drug-likeness (QED) is 0.0335. The van der Waals surface area contributed by atoms with E-state index in [0.717, 1.165) is 80.5 Å². The maximum atomic E-state index is 13.1. The summed E-state index contributed by atoms with van der Waals surface area (Å²) < 4.78 is 18.3. The predicted molar refractivity (Wildman–Crippen MR) is 281 cm³/mol. The van der Waals surface area contributed by atoms with Crippen LogP contribution in [0.3, 0.4) is 0 Å². The Hall–Kier alpha value is -0.990. The molecule has 0 amide bonds. The third kappa shape index (κ3) is 16.5. The summed E-state index contributed by atoms with van der Waals surface area (Å²) >= 11 is 0. The maximum Gasteiger partial charge on any atom is 0.306 e. The summed E-state index contributed by atoms with van der Waals surface area (Å²) in [5.41, 5.74) is 2.12. The molecule has 7 nitrogen and oxygen atoms in total. The van der Waals surface area contributed by atoms with Crippen LogP contribution in [-0.4, -0.2) is 64.7 Å². The zero-order chi connectivity index (χ0) is 48.9. The number of allylic oxidation sites excluding steroid dienone is 1. The third-order valence-electron chi connectivity index (χ3n) is 19.7. The van der Waals surface area contributed by atoms with Crippen LogP contribution in [0, 0.1) is 52.3 Å². The second kappa shape index (κ2) is 30.3. The number of aliphatic hydroxyl groups excluding tert-OH is 3. The van der Waals surface area contributed by atoms with Crippen molar-refractivity contribution < 1.29 is 34.3 Å². The normalized spacial score (nSPS) is 33.4. The molecule has 0 aromatic rings. The van der Waals surface area contributed by atoms with Crippen LogP contribution in [-0.2, 0) is 19.0 Å². The summed E-state index contributed by atoms with van der Waals surface area (Å²) in [5, 5.41) is 32.7. The molecule has 14 atom stereocenters. The SMILES string of the molecule is CCCCCCCCCCCCCCCCCCCCCCCCCC(=O)O[C@@H]1[C@@H](O)[C@H](O[C@H]2CC[C@@]3(C)C(=CC[C@H]4[C@@H]5CC[C@H]([C@H](C)CC[C@@H](CC)C(C)C)[C@@]5(C)CC[C@@H]43)C2)O[C@H](CO)[C@H]1O. The molecule has 4 fully saturated rings. The molecule has 5 rings (SSSR count). The fraction of sp³-hybridized carbons (Fsp3) is 0.951. The zero-order valence-electron chi connectivity index (χ0n) is 45.5. The van der Waals surface area contributed by atoms with Crippen molar-refractivity contribution >= 4 is 5.97 Å². The van der Waals surface area contributed by atoms with E-state index in [2.05, 4.69) is 54.5 Å². The molecule has 1 heterocycles. The highest BCUT2D eigenvalue weighted by molar-refractivity contribution is 5.69. The van der Waals surface area contributed by atoms with Crippen molar-refractivity contribution in [3.05, 3.63) is 11.6 Å². The van der Waals surface area contributed by atoms with Gasteiger partial charge in [-0.1, -0.05) is 214 Å². The fourth-order valence-corrected chi connectivity index (χ4v) is 15.2. The number of hydrogen-bond acceptors (Lipinski definition) is 7. The third-order valence-corrected chi connectivity index (χ3v) is 19.7. The Balaban J connectivity index is 0.942. The van der Waals surface area contributed by atoms with Crippen LogP contribution in [0.2, 0.25) is 0 Å². The van der Waals surface area contributed by atoms with Gasteiger partial charge in [0.1, 0.15) is 18.3 Å². The highest BCUT2D eigenvalue weighted by atomic mass is 16.7. The second-order valence-corrected chi connectivity index (χ2v) is 24.6. The molecular formula is C61H110O7. The van der Waals surface area contributed by atoms with Gasteiger partial charge in [0.2, 0.25) is 0 Å². The molecule has 7 heteroatoms. The lowest BCUT2D eigenvalue weighted by Crippen LogP contribution is -2.61. The van der Waals surface area contributed by atoms with Crippen LogP contribution in [0.4, 0.5) is 0 Å². The molecule has 0 spiro atoms.